The van der Waals surface area contributed by atoms with Crippen molar-refractivity contribution in [2.24, 2.45) is 0 Å². The van der Waals surface area contributed by atoms with Crippen LogP contribution < -0.4 is 0 Å². The van der Waals surface area contributed by atoms with Gasteiger partial charge in [-0.25, -0.2) is 9.97 Å². The lowest BCUT2D eigenvalue weighted by Crippen LogP contribution is -2.14. The monoisotopic (exact) mass is 679 g/mol. The van der Waals surface area contributed by atoms with Gasteiger partial charge in [-0.15, -0.1) is 0 Å². The maximum Gasteiger partial charge on any atom is 0.235 e. The summed E-state index contributed by atoms with van der Waals surface area (Å²) in [5, 5.41) is 4.39. The summed E-state index contributed by atoms with van der Waals surface area (Å²) >= 11 is 0. The number of nitrogens with zero attached hydrogens (tertiary/aromatic N) is 3. The molecule has 0 spiro atoms. The smallest absolute Gasteiger partial charge is 0.235 e. The molecular weight excluding hydrogens is 647 g/mol. The Bertz CT molecular complexity index is 3020. The van der Waals surface area contributed by atoms with Crippen molar-refractivity contribution in [3.05, 3.63) is 175 Å². The number of para-hydroxylation sites is 2. The van der Waals surface area contributed by atoms with Crippen LogP contribution in [0.1, 0.15) is 25.0 Å². The predicted octanol–water partition coefficient (Wildman–Crippen LogP) is 12.8. The Morgan fingerprint density at radius 2 is 1.11 bits per heavy atom. The highest BCUT2D eigenvalue weighted by Crippen LogP contribution is 2.51. The van der Waals surface area contributed by atoms with E-state index in [1.54, 1.807) is 0 Å². The van der Waals surface area contributed by atoms with Gasteiger partial charge in [0.25, 0.3) is 0 Å². The third kappa shape index (κ3) is 4.36. The topological polar surface area (TPSA) is 43.9 Å². The van der Waals surface area contributed by atoms with E-state index in [0.29, 0.717) is 5.95 Å². The van der Waals surface area contributed by atoms with Crippen LogP contribution in [0.25, 0.3) is 94.5 Å². The lowest BCUT2D eigenvalue weighted by atomic mass is 9.81. The van der Waals surface area contributed by atoms with Crippen LogP contribution in [0, 0.1) is 0 Å². The number of hydrogen-bond acceptors (Lipinski definition) is 3. The standard InChI is InChI=1S/C49H33N3O/c1-49(2)39-22-12-9-19-33(39)34-26-25-32(27-40(34)49)37-28-38-35-20-11-14-24-44(35)53-47(38)46-45(37)36-21-10-13-23-43(36)52(46)48-50-41(30-15-5-3-6-16-30)29-42(51-48)31-17-7-4-8-18-31/h3-29H,1-2H3. The molecule has 53 heavy (non-hydrogen) atoms. The van der Waals surface area contributed by atoms with Gasteiger partial charge in [-0.3, -0.25) is 4.57 Å². The number of fused-ring (bicyclic) bond motifs is 10. The second-order valence-electron chi connectivity index (χ2n) is 14.6. The average molecular weight is 680 g/mol. The molecule has 10 aromatic rings. The molecule has 3 heterocycles. The van der Waals surface area contributed by atoms with Gasteiger partial charge in [-0.05, 0) is 63.7 Å². The van der Waals surface area contributed by atoms with Crippen molar-refractivity contribution in [2.75, 3.05) is 0 Å². The summed E-state index contributed by atoms with van der Waals surface area (Å²) in [4.78, 5) is 10.7. The lowest BCUT2D eigenvalue weighted by molar-refractivity contribution is 0.660. The molecular formula is C49H33N3O. The maximum atomic E-state index is 6.85. The van der Waals surface area contributed by atoms with Gasteiger partial charge in [0, 0.05) is 38.1 Å². The van der Waals surface area contributed by atoms with Crippen molar-refractivity contribution in [3.63, 3.8) is 0 Å². The Hall–Kier alpha value is -6.78. The molecule has 1 aliphatic carbocycles. The zero-order valence-corrected chi connectivity index (χ0v) is 29.3. The molecule has 0 saturated heterocycles. The van der Waals surface area contributed by atoms with E-state index in [1.807, 2.05) is 18.2 Å². The number of furan rings is 1. The van der Waals surface area contributed by atoms with E-state index in [0.717, 1.165) is 71.8 Å². The van der Waals surface area contributed by atoms with Gasteiger partial charge >= 0.3 is 0 Å². The average Bonchev–Trinajstić information content (AvgIpc) is 3.84. The van der Waals surface area contributed by atoms with Crippen LogP contribution in [-0.4, -0.2) is 14.5 Å². The van der Waals surface area contributed by atoms with Crippen LogP contribution in [0.4, 0.5) is 0 Å². The molecule has 250 valence electrons. The number of benzene rings is 7. The predicted molar refractivity (Wildman–Crippen MR) is 218 cm³/mol. The summed E-state index contributed by atoms with van der Waals surface area (Å²) in [6.45, 7) is 4.69. The summed E-state index contributed by atoms with van der Waals surface area (Å²) in [5.41, 5.74) is 15.0. The first kappa shape index (κ1) is 29.9. The second kappa shape index (κ2) is 11.1. The Morgan fingerprint density at radius 1 is 0.491 bits per heavy atom. The van der Waals surface area contributed by atoms with E-state index in [9.17, 15) is 0 Å². The molecule has 1 aliphatic rings. The van der Waals surface area contributed by atoms with Gasteiger partial charge in [0.2, 0.25) is 5.95 Å². The summed E-state index contributed by atoms with van der Waals surface area (Å²) in [6.07, 6.45) is 0. The van der Waals surface area contributed by atoms with Crippen LogP contribution >= 0.6 is 0 Å². The first-order valence-corrected chi connectivity index (χ1v) is 18.2. The van der Waals surface area contributed by atoms with Gasteiger partial charge in [0.05, 0.1) is 16.9 Å². The Kier molecular flexibility index (Phi) is 6.27. The van der Waals surface area contributed by atoms with Crippen molar-refractivity contribution in [3.8, 4) is 50.7 Å². The zero-order valence-electron chi connectivity index (χ0n) is 29.3. The van der Waals surface area contributed by atoms with Crippen molar-refractivity contribution in [1.29, 1.82) is 0 Å². The zero-order chi connectivity index (χ0) is 35.3. The van der Waals surface area contributed by atoms with Crippen LogP contribution in [0.3, 0.4) is 0 Å². The second-order valence-corrected chi connectivity index (χ2v) is 14.6. The largest absolute Gasteiger partial charge is 0.454 e. The van der Waals surface area contributed by atoms with Crippen LogP contribution in [0.2, 0.25) is 0 Å². The van der Waals surface area contributed by atoms with Gasteiger partial charge < -0.3 is 4.42 Å². The maximum absolute atomic E-state index is 6.85. The first-order chi connectivity index (χ1) is 26.0. The highest BCUT2D eigenvalue weighted by atomic mass is 16.3. The van der Waals surface area contributed by atoms with E-state index in [2.05, 4.69) is 164 Å². The van der Waals surface area contributed by atoms with Crippen molar-refractivity contribution >= 4 is 43.7 Å². The molecule has 0 bridgehead atoms. The van der Waals surface area contributed by atoms with Crippen molar-refractivity contribution in [1.82, 2.24) is 14.5 Å². The minimum Gasteiger partial charge on any atom is -0.454 e. The Balaban J connectivity index is 1.27. The van der Waals surface area contributed by atoms with Crippen LogP contribution in [0.5, 0.6) is 0 Å². The summed E-state index contributed by atoms with van der Waals surface area (Å²) in [5.74, 6) is 0.598. The van der Waals surface area contributed by atoms with E-state index in [-0.39, 0.29) is 5.41 Å². The Labute approximate surface area is 306 Å². The fourth-order valence-corrected chi connectivity index (χ4v) is 8.68. The molecule has 0 fully saturated rings. The normalized spacial score (nSPS) is 13.2. The summed E-state index contributed by atoms with van der Waals surface area (Å²) in [6, 6.07) is 58.0. The molecule has 0 atom stereocenters. The molecule has 4 nitrogen and oxygen atoms in total. The minimum atomic E-state index is -0.124. The molecule has 3 aromatic heterocycles. The third-order valence-electron chi connectivity index (χ3n) is 11.2. The molecule has 11 rings (SSSR count). The lowest BCUT2D eigenvalue weighted by Gasteiger charge is -2.22. The summed E-state index contributed by atoms with van der Waals surface area (Å²) in [7, 11) is 0. The Morgan fingerprint density at radius 3 is 1.87 bits per heavy atom. The molecule has 0 saturated carbocycles. The quantitative estimate of drug-likeness (QED) is 0.186. The molecule has 7 aromatic carbocycles. The molecule has 4 heteroatoms. The van der Waals surface area contributed by atoms with E-state index >= 15 is 0 Å². The molecule has 0 amide bonds. The van der Waals surface area contributed by atoms with E-state index in [4.69, 9.17) is 14.4 Å². The highest BCUT2D eigenvalue weighted by molar-refractivity contribution is 6.26. The fraction of sp³-hybridized carbons (Fsp3) is 0.0612. The van der Waals surface area contributed by atoms with E-state index in [1.165, 1.54) is 27.8 Å². The van der Waals surface area contributed by atoms with Crippen molar-refractivity contribution in [2.45, 2.75) is 19.3 Å². The van der Waals surface area contributed by atoms with Gasteiger partial charge in [-0.1, -0.05) is 147 Å². The number of hydrogen-bond donors (Lipinski definition) is 0. The molecule has 0 unspecified atom stereocenters. The van der Waals surface area contributed by atoms with E-state index < -0.39 is 0 Å². The van der Waals surface area contributed by atoms with Crippen LogP contribution in [-0.2, 0) is 5.41 Å². The highest BCUT2D eigenvalue weighted by Gasteiger charge is 2.35. The number of rotatable bonds is 4. The van der Waals surface area contributed by atoms with Gasteiger partial charge in [0.1, 0.15) is 11.1 Å². The fourth-order valence-electron chi connectivity index (χ4n) is 8.68. The molecule has 0 N–H and O–H groups in total. The molecule has 0 aliphatic heterocycles. The van der Waals surface area contributed by atoms with Gasteiger partial charge in [0.15, 0.2) is 5.58 Å². The van der Waals surface area contributed by atoms with Crippen molar-refractivity contribution < 1.29 is 4.42 Å². The van der Waals surface area contributed by atoms with Crippen LogP contribution in [0.15, 0.2) is 168 Å². The third-order valence-corrected chi connectivity index (χ3v) is 11.2. The number of aromatic nitrogens is 3. The SMILES string of the molecule is CC1(C)c2ccccc2-c2ccc(-c3cc4c5ccccc5oc4c4c3c3ccccc3n4-c3nc(-c4ccccc4)cc(-c4ccccc4)n3)cc21. The van der Waals surface area contributed by atoms with Gasteiger partial charge in [-0.2, -0.15) is 0 Å². The first-order valence-electron chi connectivity index (χ1n) is 18.2. The molecule has 0 radical (unpaired) electrons. The summed E-state index contributed by atoms with van der Waals surface area (Å²) < 4.78 is 9.08. The minimum absolute atomic E-state index is 0.124.